The minimum Gasteiger partial charge on any atom is -0.304 e. The van der Waals surface area contributed by atoms with Crippen molar-refractivity contribution in [1.82, 2.24) is 29.9 Å². The molecule has 3 saturated carbocycles. The van der Waals surface area contributed by atoms with Crippen LogP contribution in [0.4, 0.5) is 0 Å². The van der Waals surface area contributed by atoms with Gasteiger partial charge < -0.3 is 29.9 Å². The number of hydrogen-bond acceptors (Lipinski definition) is 6. The molecule has 621 valence electrons. The maximum absolute atomic E-state index is 9.03. The molecule has 3 radical (unpaired) electrons. The average molecular weight is 2130 g/mol. The first-order chi connectivity index (χ1) is 64.5. The fourth-order valence-corrected chi connectivity index (χ4v) is 15.2. The summed E-state index contributed by atoms with van der Waals surface area (Å²) in [7, 11) is 0. The molecule has 0 unspecified atom stereocenters. The summed E-state index contributed by atoms with van der Waals surface area (Å²) in [6.45, 7) is -0.269. The van der Waals surface area contributed by atoms with Gasteiger partial charge in [0.25, 0.3) is 0 Å². The third-order valence-electron chi connectivity index (χ3n) is 22.9. The third kappa shape index (κ3) is 26.0. The van der Waals surface area contributed by atoms with E-state index in [1.807, 2.05) is 134 Å². The molecular formula is C112H110Ir3N6-6. The van der Waals surface area contributed by atoms with Gasteiger partial charge in [0, 0.05) is 122 Å². The van der Waals surface area contributed by atoms with Gasteiger partial charge >= 0.3 is 0 Å². The molecule has 3 fully saturated rings. The molecule has 3 aliphatic rings. The Morgan fingerprint density at radius 2 is 0.545 bits per heavy atom. The molecule has 6 nitrogen and oxygen atoms in total. The van der Waals surface area contributed by atoms with Crippen LogP contribution in [0.2, 0.25) is 0 Å². The Balaban J connectivity index is 0.000000172. The molecule has 0 amide bonds. The first kappa shape index (κ1) is 70.4. The number of aryl methyl sites for hydroxylation is 7. The molecule has 0 bridgehead atoms. The summed E-state index contributed by atoms with van der Waals surface area (Å²) in [6.07, 6.45) is 21.2. The van der Waals surface area contributed by atoms with E-state index in [1.54, 1.807) is 44.2 Å². The summed E-state index contributed by atoms with van der Waals surface area (Å²) in [4.78, 5) is 26.2. The molecule has 15 aromatic rings. The number of benzene rings is 9. The first-order valence-electron chi connectivity index (χ1n) is 49.4. The van der Waals surface area contributed by atoms with Gasteiger partial charge in [-0.15, -0.1) is 214 Å². The van der Waals surface area contributed by atoms with E-state index in [4.69, 9.17) is 24.7 Å². The van der Waals surface area contributed by atoms with Crippen LogP contribution >= 0.6 is 0 Å². The number of hydrogen-bond donors (Lipinski definition) is 0. The van der Waals surface area contributed by atoms with Gasteiger partial charge in [-0.3, -0.25) is 0 Å². The predicted octanol–water partition coefficient (Wildman–Crippen LogP) is 28.3. The Hall–Kier alpha value is -10.2. The Labute approximate surface area is 788 Å². The largest absolute Gasteiger partial charge is 0.304 e. The van der Waals surface area contributed by atoms with Crippen LogP contribution < -0.4 is 0 Å². The van der Waals surface area contributed by atoms with Gasteiger partial charge in [0.05, 0.1) is 0 Å². The van der Waals surface area contributed by atoms with Crippen LogP contribution in [-0.4, -0.2) is 29.9 Å². The van der Waals surface area contributed by atoms with E-state index in [2.05, 4.69) is 196 Å². The van der Waals surface area contributed by atoms with E-state index in [0.717, 1.165) is 144 Å². The Morgan fingerprint density at radius 3 is 0.793 bits per heavy atom. The van der Waals surface area contributed by atoms with Crippen molar-refractivity contribution in [3.05, 3.63) is 431 Å². The predicted molar refractivity (Wildman–Crippen MR) is 489 cm³/mol. The Bertz CT molecular complexity index is 5900. The Morgan fingerprint density at radius 1 is 0.273 bits per heavy atom. The molecule has 9 aromatic carbocycles. The summed E-state index contributed by atoms with van der Waals surface area (Å²) in [5, 5.41) is 0. The summed E-state index contributed by atoms with van der Waals surface area (Å²) in [5.41, 5.74) is 20.0. The molecule has 9 heteroatoms. The monoisotopic (exact) mass is 2140 g/mol. The summed E-state index contributed by atoms with van der Waals surface area (Å²) in [6, 6.07) is 110. The molecule has 0 saturated heterocycles. The molecule has 18 rings (SSSR count). The molecule has 3 aliphatic carbocycles. The second-order valence-electron chi connectivity index (χ2n) is 31.2. The zero-order chi connectivity index (χ0) is 97.4. The van der Waals surface area contributed by atoms with Crippen molar-refractivity contribution in [1.29, 1.82) is 0 Å². The molecular weight excluding hydrogens is 2010 g/mol. The minimum atomic E-state index is -2.19. The SMILES string of the molecule is [2H]C([2H])([2H])c1c[c-]c(-c2cc(C)c(C([2H])([2H])[2H])cn2)cc1.[2H]C([2H])([2H])c1c[c-]c(-c2ccc(C([2H])([2H])[2H])cn2)cc1.[2H]C([2H])([2H])c1cnc(-c2[c-]cccc2)cc1C.[2H]C1(c2ccc(-c3[c-]cccc3)nc2)CCC(C)(c2ccccc2)CC1.[2H]C1(c2ccc(-c3[c-]cccc3)nc2)CCC(C)(c2ccccc2)CC1.[2H]C1(c2ccc(-c3[c-]cccc3)nc2)CCC(C)(c2ccccc2)CC1.[Ir].[Ir].[Ir]. The van der Waals surface area contributed by atoms with E-state index < -0.39 is 51.9 Å². The maximum atomic E-state index is 9.03. The van der Waals surface area contributed by atoms with Crippen LogP contribution in [0.15, 0.2) is 322 Å². The quantitative estimate of drug-likeness (QED) is 0.113. The molecule has 0 N–H and O–H groups in total. The van der Waals surface area contributed by atoms with E-state index in [9.17, 15) is 0 Å². The van der Waals surface area contributed by atoms with Crippen molar-refractivity contribution in [2.45, 2.75) is 180 Å². The van der Waals surface area contributed by atoms with Crippen molar-refractivity contribution in [2.75, 3.05) is 0 Å². The smallest absolute Gasteiger partial charge is 0.0353 e. The number of pyridine rings is 6. The maximum Gasteiger partial charge on any atom is 0.0353 e. The van der Waals surface area contributed by atoms with E-state index in [-0.39, 0.29) is 98.8 Å². The van der Waals surface area contributed by atoms with Crippen molar-refractivity contribution in [3.8, 4) is 67.5 Å². The molecule has 6 aromatic heterocycles. The van der Waals surface area contributed by atoms with Gasteiger partial charge in [0.2, 0.25) is 0 Å². The van der Waals surface area contributed by atoms with Gasteiger partial charge in [-0.05, 0) is 230 Å². The molecule has 0 atom stereocenters. The fourth-order valence-electron chi connectivity index (χ4n) is 15.2. The summed E-state index contributed by atoms with van der Waals surface area (Å²) < 4.78 is 137. The zero-order valence-electron chi connectivity index (χ0n) is 86.8. The summed E-state index contributed by atoms with van der Waals surface area (Å²) in [5.74, 6) is -1.58. The van der Waals surface area contributed by atoms with Gasteiger partial charge in [0.1, 0.15) is 0 Å². The topological polar surface area (TPSA) is 77.3 Å². The van der Waals surface area contributed by atoms with E-state index in [0.29, 0.717) is 33.6 Å². The van der Waals surface area contributed by atoms with Crippen molar-refractivity contribution in [2.24, 2.45) is 0 Å². The molecule has 0 aliphatic heterocycles. The van der Waals surface area contributed by atoms with Crippen LogP contribution in [0.25, 0.3) is 67.5 Å². The normalized spacial score (nSPS) is 22.6. The van der Waals surface area contributed by atoms with Crippen molar-refractivity contribution in [3.63, 3.8) is 0 Å². The van der Waals surface area contributed by atoms with E-state index in [1.165, 1.54) is 65.6 Å². The second-order valence-corrected chi connectivity index (χ2v) is 31.2. The molecule has 121 heavy (non-hydrogen) atoms. The number of aromatic nitrogens is 6. The minimum absolute atomic E-state index is 0. The van der Waals surface area contributed by atoms with Gasteiger partial charge in [0.15, 0.2) is 0 Å². The van der Waals surface area contributed by atoms with Crippen molar-refractivity contribution < 1.29 is 85.0 Å². The van der Waals surface area contributed by atoms with Gasteiger partial charge in [-0.25, -0.2) is 0 Å². The van der Waals surface area contributed by atoms with E-state index >= 15 is 0 Å². The first-order valence-corrected chi connectivity index (χ1v) is 40.4. The van der Waals surface area contributed by atoms with Crippen LogP contribution in [0.3, 0.4) is 0 Å². The Kier molecular flexibility index (Phi) is 26.5. The van der Waals surface area contributed by atoms with Crippen LogP contribution in [0.5, 0.6) is 0 Å². The number of nitrogens with zero attached hydrogens (tertiary/aromatic N) is 6. The van der Waals surface area contributed by atoms with Gasteiger partial charge in [-0.2, -0.15) is 0 Å². The fraction of sp³-hybridized carbons (Fsp3) is 0.250. The summed E-state index contributed by atoms with van der Waals surface area (Å²) >= 11 is 0. The molecule has 6 heterocycles. The van der Waals surface area contributed by atoms with Crippen molar-refractivity contribution >= 4 is 0 Å². The van der Waals surface area contributed by atoms with Crippen LogP contribution in [-0.2, 0) is 76.6 Å². The standard InChI is InChI=1S/3C24H24N.C14H14N.2C13H12N.3Ir/c3*1-24(22-10-6-3-7-11-22)16-14-19(15-17-24)21-12-13-23(25-18-21)20-8-4-2-5-9-20;1-10-4-6-13(7-5-10)14-8-11(2)12(3)9-15-14;1-10-3-6-12(7-4-10)13-8-5-11(2)9-14-13;1-10-8-13(14-9-11(10)2)12-6-4-3-5-7-12;;;/h3*2-8,10-13,18-19H,14-17H2,1H3;4-6,8-9H,1-3H3;2*3-6,8-9H,1-2H3;;;/q6*-1;;;/i3*19D;1D3,3D3;1D3,2D3;2D3;;;. The molecule has 0 spiro atoms. The zero-order valence-corrected chi connectivity index (χ0v) is 76.0. The average Bonchev–Trinajstić information content (AvgIpc) is 0.777. The van der Waals surface area contributed by atoms with Gasteiger partial charge in [-0.1, -0.05) is 197 Å². The third-order valence-corrected chi connectivity index (χ3v) is 22.9. The second kappa shape index (κ2) is 45.6. The van der Waals surface area contributed by atoms with Crippen LogP contribution in [0, 0.1) is 84.5 Å². The number of rotatable bonds is 12. The van der Waals surface area contributed by atoms with Crippen LogP contribution in [0.1, 0.15) is 213 Å².